The van der Waals surface area contributed by atoms with Crippen molar-refractivity contribution in [3.8, 4) is 0 Å². The Kier molecular flexibility index (Phi) is 6.16. The monoisotopic (exact) mass is 427 g/mol. The zero-order valence-corrected chi connectivity index (χ0v) is 17.3. The maximum Gasteiger partial charge on any atom is 0.248 e. The molecule has 8 N–H and O–H groups in total. The number of rotatable bonds is 5. The largest absolute Gasteiger partial charge is 0.391 e. The van der Waals surface area contributed by atoms with Crippen LogP contribution in [0, 0.1) is 0 Å². The van der Waals surface area contributed by atoms with Crippen molar-refractivity contribution in [1.29, 1.82) is 0 Å². The molecule has 1 aromatic carbocycles. The average molecular weight is 428 g/mol. The van der Waals surface area contributed by atoms with Gasteiger partial charge in [-0.3, -0.25) is 4.79 Å². The van der Waals surface area contributed by atoms with Crippen molar-refractivity contribution < 1.29 is 9.90 Å². The number of aliphatic hydroxyl groups excluding tert-OH is 1. The van der Waals surface area contributed by atoms with Gasteiger partial charge in [0.2, 0.25) is 23.8 Å². The van der Waals surface area contributed by atoms with E-state index in [1.54, 1.807) is 24.3 Å². The summed E-state index contributed by atoms with van der Waals surface area (Å²) in [6, 6.07) is 6.63. The second kappa shape index (κ2) is 9.00. The first-order valence-electron chi connectivity index (χ1n) is 10.5. The van der Waals surface area contributed by atoms with Gasteiger partial charge in [-0.25, -0.2) is 0 Å². The van der Waals surface area contributed by atoms with E-state index in [-0.39, 0.29) is 12.1 Å². The van der Waals surface area contributed by atoms with Crippen LogP contribution in [-0.4, -0.2) is 70.3 Å². The molecule has 0 bridgehead atoms. The maximum atomic E-state index is 11.3. The number of piperidine rings is 2. The van der Waals surface area contributed by atoms with Gasteiger partial charge in [0.25, 0.3) is 0 Å². The zero-order valence-electron chi connectivity index (χ0n) is 17.3. The van der Waals surface area contributed by atoms with E-state index in [9.17, 15) is 9.90 Å². The number of carbonyl (C=O) groups is 1. The third-order valence-electron chi connectivity index (χ3n) is 5.51. The highest BCUT2D eigenvalue weighted by Gasteiger charge is 2.27. The Hall–Kier alpha value is -3.02. The molecule has 2 aromatic rings. The number of anilines is 4. The molecule has 0 saturated carbocycles. The molecule has 11 heteroatoms. The standard InChI is InChI=1S/C20H29N9O2/c21-13-8-14(22)10-29(9-13)20-26-18(24-15-5-3-12(4-6-15)17(23)31)25-19(27-20)28-7-1-2-16(30)11-28/h3-6,13-14,16,30H,1-2,7-11,21-22H2,(H2,23,31)(H,24,25,26,27)/t13-,14+,16-/m1/s1. The van der Waals surface area contributed by atoms with Gasteiger partial charge in [-0.2, -0.15) is 15.0 Å². The van der Waals surface area contributed by atoms with Crippen molar-refractivity contribution in [1.82, 2.24) is 15.0 Å². The van der Waals surface area contributed by atoms with Crippen LogP contribution in [0.1, 0.15) is 29.6 Å². The molecule has 31 heavy (non-hydrogen) atoms. The van der Waals surface area contributed by atoms with Crippen molar-refractivity contribution in [2.24, 2.45) is 17.2 Å². The third kappa shape index (κ3) is 5.19. The summed E-state index contributed by atoms with van der Waals surface area (Å²) < 4.78 is 0. The predicted octanol–water partition coefficient (Wildman–Crippen LogP) is -0.460. The van der Waals surface area contributed by atoms with Crippen LogP contribution < -0.4 is 32.3 Å². The van der Waals surface area contributed by atoms with E-state index in [0.717, 1.165) is 25.8 Å². The molecule has 2 saturated heterocycles. The molecule has 3 heterocycles. The van der Waals surface area contributed by atoms with E-state index in [1.165, 1.54) is 0 Å². The van der Waals surface area contributed by atoms with Crippen LogP contribution in [-0.2, 0) is 0 Å². The molecule has 0 spiro atoms. The number of primary amides is 1. The van der Waals surface area contributed by atoms with Crippen LogP contribution in [0.4, 0.5) is 23.5 Å². The Balaban J connectivity index is 1.64. The highest BCUT2D eigenvalue weighted by atomic mass is 16.3. The third-order valence-corrected chi connectivity index (χ3v) is 5.51. The Labute approximate surface area is 180 Å². The summed E-state index contributed by atoms with van der Waals surface area (Å²) >= 11 is 0. The Morgan fingerprint density at radius 2 is 1.65 bits per heavy atom. The number of hydrogen-bond acceptors (Lipinski definition) is 10. The fourth-order valence-corrected chi connectivity index (χ4v) is 4.02. The molecule has 1 aromatic heterocycles. The molecular formula is C20H29N9O2. The normalized spacial score (nSPS) is 24.2. The average Bonchev–Trinajstić information content (AvgIpc) is 2.73. The Bertz CT molecular complexity index is 913. The van der Waals surface area contributed by atoms with E-state index in [4.69, 9.17) is 17.2 Å². The second-order valence-electron chi connectivity index (χ2n) is 8.23. The fourth-order valence-electron chi connectivity index (χ4n) is 4.02. The van der Waals surface area contributed by atoms with Crippen LogP contribution >= 0.6 is 0 Å². The highest BCUT2D eigenvalue weighted by Crippen LogP contribution is 2.24. The molecule has 2 aliphatic heterocycles. The van der Waals surface area contributed by atoms with Crippen LogP contribution in [0.3, 0.4) is 0 Å². The molecule has 166 valence electrons. The van der Waals surface area contributed by atoms with Crippen molar-refractivity contribution in [2.45, 2.75) is 37.5 Å². The molecule has 2 fully saturated rings. The molecule has 4 rings (SSSR count). The van der Waals surface area contributed by atoms with Crippen LogP contribution in [0.5, 0.6) is 0 Å². The number of amides is 1. The summed E-state index contributed by atoms with van der Waals surface area (Å²) in [5.74, 6) is 0.858. The summed E-state index contributed by atoms with van der Waals surface area (Å²) in [4.78, 5) is 29.1. The van der Waals surface area contributed by atoms with Crippen molar-refractivity contribution in [3.05, 3.63) is 29.8 Å². The maximum absolute atomic E-state index is 11.3. The topological polar surface area (TPSA) is 173 Å². The van der Waals surface area contributed by atoms with E-state index in [2.05, 4.69) is 20.3 Å². The summed E-state index contributed by atoms with van der Waals surface area (Å²) in [6.45, 7) is 2.43. The molecule has 0 unspecified atom stereocenters. The van der Waals surface area contributed by atoms with Crippen molar-refractivity contribution in [3.63, 3.8) is 0 Å². The second-order valence-corrected chi connectivity index (χ2v) is 8.23. The number of nitrogens with one attached hydrogen (secondary N) is 1. The van der Waals surface area contributed by atoms with Gasteiger partial charge in [0.05, 0.1) is 6.10 Å². The fraction of sp³-hybridized carbons (Fsp3) is 0.500. The van der Waals surface area contributed by atoms with Crippen LogP contribution in [0.25, 0.3) is 0 Å². The number of nitrogens with zero attached hydrogens (tertiary/aromatic N) is 5. The molecule has 3 atom stereocenters. The highest BCUT2D eigenvalue weighted by molar-refractivity contribution is 5.93. The van der Waals surface area contributed by atoms with Gasteiger partial charge in [-0.15, -0.1) is 0 Å². The Morgan fingerprint density at radius 1 is 1.00 bits per heavy atom. The number of aliphatic hydroxyl groups is 1. The summed E-state index contributed by atoms with van der Waals surface area (Å²) in [6.07, 6.45) is 1.97. The smallest absolute Gasteiger partial charge is 0.248 e. The lowest BCUT2D eigenvalue weighted by Crippen LogP contribution is -2.53. The lowest BCUT2D eigenvalue weighted by molar-refractivity contribution is 0.100. The number of carbonyl (C=O) groups excluding carboxylic acids is 1. The molecule has 11 nitrogen and oxygen atoms in total. The minimum atomic E-state index is -0.488. The number of β-amino-alcohol motifs (C(OH)–C–C–N with tert-alkyl or cyclic N) is 1. The Morgan fingerprint density at radius 3 is 2.26 bits per heavy atom. The van der Waals surface area contributed by atoms with Gasteiger partial charge in [0.15, 0.2) is 0 Å². The molecule has 0 aliphatic carbocycles. The number of nitrogens with two attached hydrogens (primary N) is 3. The van der Waals surface area contributed by atoms with E-state index in [0.29, 0.717) is 48.7 Å². The lowest BCUT2D eigenvalue weighted by Gasteiger charge is -2.35. The predicted molar refractivity (Wildman–Crippen MR) is 118 cm³/mol. The minimum Gasteiger partial charge on any atom is -0.391 e. The summed E-state index contributed by atoms with van der Waals surface area (Å²) in [5, 5.41) is 13.3. The SMILES string of the molecule is NC(=O)c1ccc(Nc2nc(N3C[C@H](N)C[C@H](N)C3)nc(N3CCC[C@@H](O)C3)n2)cc1. The van der Waals surface area contributed by atoms with E-state index >= 15 is 0 Å². The van der Waals surface area contributed by atoms with Crippen LogP contribution in [0.15, 0.2) is 24.3 Å². The number of benzene rings is 1. The minimum absolute atomic E-state index is 0.0569. The summed E-state index contributed by atoms with van der Waals surface area (Å²) in [7, 11) is 0. The van der Waals surface area contributed by atoms with E-state index in [1.807, 2.05) is 9.80 Å². The zero-order chi connectivity index (χ0) is 22.0. The first-order chi connectivity index (χ1) is 14.9. The van der Waals surface area contributed by atoms with Gasteiger partial charge >= 0.3 is 0 Å². The molecular weight excluding hydrogens is 398 g/mol. The molecule has 0 radical (unpaired) electrons. The molecule has 2 aliphatic rings. The van der Waals surface area contributed by atoms with Crippen molar-refractivity contribution in [2.75, 3.05) is 41.3 Å². The van der Waals surface area contributed by atoms with Gasteiger partial charge < -0.3 is 37.4 Å². The van der Waals surface area contributed by atoms with Gasteiger partial charge in [0, 0.05) is 49.5 Å². The first kappa shape index (κ1) is 21.2. The van der Waals surface area contributed by atoms with Gasteiger partial charge in [-0.05, 0) is 43.5 Å². The number of aromatic nitrogens is 3. The van der Waals surface area contributed by atoms with E-state index < -0.39 is 12.0 Å². The quantitative estimate of drug-likeness (QED) is 0.420. The van der Waals surface area contributed by atoms with Crippen LogP contribution in [0.2, 0.25) is 0 Å². The first-order valence-corrected chi connectivity index (χ1v) is 10.5. The number of hydrogen-bond donors (Lipinski definition) is 5. The van der Waals surface area contributed by atoms with Gasteiger partial charge in [0.1, 0.15) is 0 Å². The molecule has 1 amide bonds. The summed E-state index contributed by atoms with van der Waals surface area (Å²) in [5.41, 5.74) is 18.8. The lowest BCUT2D eigenvalue weighted by atomic mass is 10.0. The van der Waals surface area contributed by atoms with Crippen molar-refractivity contribution >= 4 is 29.4 Å². The van der Waals surface area contributed by atoms with Gasteiger partial charge in [-0.1, -0.05) is 0 Å².